The molecule has 6 nitrogen and oxygen atoms in total. The van der Waals surface area contributed by atoms with Gasteiger partial charge in [-0.1, -0.05) is 59.1 Å². The van der Waals surface area contributed by atoms with Crippen molar-refractivity contribution in [2.75, 3.05) is 0 Å². The van der Waals surface area contributed by atoms with E-state index in [1.165, 1.54) is 16.9 Å². The number of hydrogen-bond acceptors (Lipinski definition) is 8. The third-order valence-corrected chi connectivity index (χ3v) is 13.7. The van der Waals surface area contributed by atoms with Crippen LogP contribution in [-0.2, 0) is 20.2 Å². The molecule has 0 saturated carbocycles. The maximum atomic E-state index is 10.7. The normalized spacial score (nSPS) is 12.1. The van der Waals surface area contributed by atoms with Gasteiger partial charge in [0, 0.05) is 21.9 Å². The van der Waals surface area contributed by atoms with Crippen LogP contribution in [0, 0.1) is 12.9 Å². The fourth-order valence-corrected chi connectivity index (χ4v) is 10.6. The van der Waals surface area contributed by atoms with Crippen LogP contribution in [0.1, 0.15) is 0 Å². The van der Waals surface area contributed by atoms with Gasteiger partial charge in [0.1, 0.15) is 0 Å². The standard InChI is InChI=1S/C20H14I2S2.2CHF3O3S/c1-3-7-15(8-4-1)21-19-13-11-17(23-19)18-12-14-20(24-18)22-16-9-5-2-6-10-16;2*2-1(3,4)8(5,6)7/h1-14H;2*(H,5,6,7)/q+2;;/p-2. The summed E-state index contributed by atoms with van der Waals surface area (Å²) in [5.74, 6) is 0. The molecule has 2 heterocycles. The van der Waals surface area contributed by atoms with E-state index >= 15 is 0 Å². The molecule has 0 spiro atoms. The van der Waals surface area contributed by atoms with Crippen molar-refractivity contribution in [1.29, 1.82) is 0 Å². The zero-order valence-electron chi connectivity index (χ0n) is 19.2. The molecule has 0 amide bonds. The number of rotatable bonds is 5. The first kappa shape index (κ1) is 34.9. The highest BCUT2D eigenvalue weighted by molar-refractivity contribution is 7.86. The van der Waals surface area contributed by atoms with Gasteiger partial charge in [0.15, 0.2) is 27.4 Å². The van der Waals surface area contributed by atoms with Crippen LogP contribution in [-0.4, -0.2) is 37.0 Å². The topological polar surface area (TPSA) is 114 Å². The second kappa shape index (κ2) is 14.7. The maximum absolute atomic E-state index is 10.7. The third-order valence-electron chi connectivity index (χ3n) is 3.83. The van der Waals surface area contributed by atoms with Gasteiger partial charge in [-0.2, -0.15) is 26.3 Å². The zero-order chi connectivity index (χ0) is 30.2. The monoisotopic (exact) mass is 870 g/mol. The number of alkyl halides is 6. The Kier molecular flexibility index (Phi) is 12.9. The van der Waals surface area contributed by atoms with Crippen LogP contribution >= 0.6 is 22.7 Å². The molecule has 18 heteroatoms. The summed E-state index contributed by atoms with van der Waals surface area (Å²) in [4.78, 5) is 2.85. The molecule has 218 valence electrons. The van der Waals surface area contributed by atoms with Crippen molar-refractivity contribution < 1.29 is 94.7 Å². The SMILES string of the molecule is O=S(=O)([O-])C(F)(F)F.O=S(=O)([O-])C(F)(F)F.c1ccc([I+]c2ccc(-c3ccc([I+]c4ccccc4)s3)s2)cc1. The highest BCUT2D eigenvalue weighted by Gasteiger charge is 2.37. The zero-order valence-corrected chi connectivity index (χ0v) is 26.8. The smallest absolute Gasteiger partial charge is 0.485 e. The first-order chi connectivity index (χ1) is 18.4. The maximum Gasteiger partial charge on any atom is 0.485 e. The van der Waals surface area contributed by atoms with Gasteiger partial charge in [-0.25, -0.2) is 16.8 Å². The summed E-state index contributed by atoms with van der Waals surface area (Å²) < 4.78 is 124. The largest absolute Gasteiger partial charge is 0.741 e. The lowest BCUT2D eigenvalue weighted by molar-refractivity contribution is -0.591. The first-order valence-electron chi connectivity index (χ1n) is 10.0. The molecule has 4 aromatic rings. The summed E-state index contributed by atoms with van der Waals surface area (Å²) in [5, 5.41) is 0. The predicted octanol–water partition coefficient (Wildman–Crippen LogP) is -0.164. The molecule has 0 unspecified atom stereocenters. The molecule has 0 N–H and O–H groups in total. The van der Waals surface area contributed by atoms with E-state index in [0.29, 0.717) is 0 Å². The highest BCUT2D eigenvalue weighted by atomic mass is 127. The molecular formula is C22H14F6I2O6S4. The average molecular weight is 870 g/mol. The Hall–Kier alpha value is -1.30. The lowest BCUT2D eigenvalue weighted by atomic mass is 10.4. The minimum atomic E-state index is -6.09. The fourth-order valence-electron chi connectivity index (χ4n) is 2.17. The molecular weight excluding hydrogens is 856 g/mol. The molecule has 2 aromatic carbocycles. The van der Waals surface area contributed by atoms with Gasteiger partial charge < -0.3 is 9.11 Å². The van der Waals surface area contributed by atoms with Crippen LogP contribution < -0.4 is 42.4 Å². The van der Waals surface area contributed by atoms with E-state index in [9.17, 15) is 26.3 Å². The van der Waals surface area contributed by atoms with Crippen molar-refractivity contribution >= 4 is 42.9 Å². The number of thiophene rings is 2. The van der Waals surface area contributed by atoms with Crippen molar-refractivity contribution in [2.45, 2.75) is 11.0 Å². The van der Waals surface area contributed by atoms with E-state index < -0.39 is 31.3 Å². The van der Waals surface area contributed by atoms with Gasteiger partial charge in [0.05, 0.1) is 0 Å². The van der Waals surface area contributed by atoms with E-state index in [0.717, 1.165) is 0 Å². The number of halogens is 8. The summed E-state index contributed by atoms with van der Waals surface area (Å²) in [6, 6.07) is 31.0. The Morgan fingerprint density at radius 3 is 1.05 bits per heavy atom. The number of benzene rings is 2. The van der Waals surface area contributed by atoms with E-state index in [2.05, 4.69) is 84.9 Å². The second-order valence-electron chi connectivity index (χ2n) is 6.79. The molecule has 0 saturated heterocycles. The fraction of sp³-hybridized carbons (Fsp3) is 0.0909. The van der Waals surface area contributed by atoms with Gasteiger partial charge in [-0.05, 0) is 36.4 Å². The summed E-state index contributed by atoms with van der Waals surface area (Å²) in [6.45, 7) is 0. The predicted molar refractivity (Wildman–Crippen MR) is 127 cm³/mol. The van der Waals surface area contributed by atoms with Gasteiger partial charge in [-0.3, -0.25) is 0 Å². The summed E-state index contributed by atoms with van der Waals surface area (Å²) in [6.07, 6.45) is 0. The highest BCUT2D eigenvalue weighted by Crippen LogP contribution is 2.29. The Bertz CT molecular complexity index is 1450. The Morgan fingerprint density at radius 1 is 0.525 bits per heavy atom. The van der Waals surface area contributed by atoms with Gasteiger partial charge >= 0.3 is 53.4 Å². The molecule has 0 aliphatic rings. The van der Waals surface area contributed by atoms with E-state index in [4.69, 9.17) is 25.9 Å². The van der Waals surface area contributed by atoms with Crippen LogP contribution in [0.25, 0.3) is 9.75 Å². The van der Waals surface area contributed by atoms with Gasteiger partial charge in [0.2, 0.25) is 5.77 Å². The molecule has 0 fully saturated rings. The second-order valence-corrected chi connectivity index (χ2v) is 19.1. The van der Waals surface area contributed by atoms with Crippen LogP contribution in [0.15, 0.2) is 84.9 Å². The Morgan fingerprint density at radius 2 is 0.800 bits per heavy atom. The van der Waals surface area contributed by atoms with Gasteiger partial charge in [-0.15, -0.1) is 0 Å². The lowest BCUT2D eigenvalue weighted by Crippen LogP contribution is -3.61. The van der Waals surface area contributed by atoms with Crippen molar-refractivity contribution in [1.82, 2.24) is 0 Å². The van der Waals surface area contributed by atoms with E-state index in [-0.39, 0.29) is 42.4 Å². The van der Waals surface area contributed by atoms with Crippen LogP contribution in [0.2, 0.25) is 0 Å². The minimum Gasteiger partial charge on any atom is -0.741 e. The Balaban J connectivity index is 0.000000290. The molecule has 0 radical (unpaired) electrons. The van der Waals surface area contributed by atoms with Gasteiger partial charge in [0.25, 0.3) is 0 Å². The van der Waals surface area contributed by atoms with E-state index in [1.54, 1.807) is 5.77 Å². The van der Waals surface area contributed by atoms with Crippen molar-refractivity contribution in [3.8, 4) is 9.75 Å². The number of hydrogen-bond donors (Lipinski definition) is 0. The van der Waals surface area contributed by atoms with Crippen molar-refractivity contribution in [3.63, 3.8) is 0 Å². The minimum absolute atomic E-state index is 0.0461. The average Bonchev–Trinajstić information content (AvgIpc) is 3.48. The molecule has 0 bridgehead atoms. The first-order valence-corrected chi connectivity index (χ1v) is 18.8. The van der Waals surface area contributed by atoms with Crippen molar-refractivity contribution in [2.24, 2.45) is 0 Å². The summed E-state index contributed by atoms with van der Waals surface area (Å²) >= 11 is 3.85. The molecule has 40 heavy (non-hydrogen) atoms. The third kappa shape index (κ3) is 11.9. The molecule has 4 rings (SSSR count). The molecule has 0 aliphatic carbocycles. The molecule has 2 aromatic heterocycles. The van der Waals surface area contributed by atoms with Crippen LogP contribution in [0.4, 0.5) is 26.3 Å². The van der Waals surface area contributed by atoms with E-state index in [1.807, 2.05) is 22.7 Å². The van der Waals surface area contributed by atoms with Crippen molar-refractivity contribution in [3.05, 3.63) is 97.8 Å². The quantitative estimate of drug-likeness (QED) is 0.119. The molecule has 0 atom stereocenters. The van der Waals surface area contributed by atoms with Crippen LogP contribution in [0.5, 0.6) is 0 Å². The summed E-state index contributed by atoms with van der Waals surface area (Å²) in [5.41, 5.74) is -11.3. The lowest BCUT2D eigenvalue weighted by Gasteiger charge is -2.08. The molecule has 0 aliphatic heterocycles. The van der Waals surface area contributed by atoms with Crippen LogP contribution in [0.3, 0.4) is 0 Å². The summed E-state index contributed by atoms with van der Waals surface area (Å²) in [7, 11) is -12.2. The Labute approximate surface area is 254 Å².